The van der Waals surface area contributed by atoms with Crippen LogP contribution in [0.15, 0.2) is 12.1 Å². The first-order chi connectivity index (χ1) is 7.15. The lowest BCUT2D eigenvalue weighted by molar-refractivity contribution is 0.857. The van der Waals surface area contributed by atoms with Gasteiger partial charge in [-0.2, -0.15) is 5.26 Å². The number of halogens is 1. The van der Waals surface area contributed by atoms with Crippen molar-refractivity contribution in [2.75, 3.05) is 0 Å². The summed E-state index contributed by atoms with van der Waals surface area (Å²) in [5, 5.41) is 9.38. The molecule has 2 aromatic rings. The topological polar surface area (TPSA) is 41.6 Å². The average molecular weight is 220 g/mol. The number of aromatic nitrogens is 2. The number of imidazole rings is 1. The molecular weight excluding hydrogens is 210 g/mol. The highest BCUT2D eigenvalue weighted by Crippen LogP contribution is 2.25. The van der Waals surface area contributed by atoms with E-state index in [-0.39, 0.29) is 0 Å². The fourth-order valence-electron chi connectivity index (χ4n) is 1.64. The molecule has 0 spiro atoms. The van der Waals surface area contributed by atoms with Crippen molar-refractivity contribution in [1.29, 1.82) is 5.26 Å². The van der Waals surface area contributed by atoms with Crippen molar-refractivity contribution in [1.82, 2.24) is 9.55 Å². The number of fused-ring (bicyclic) bond motifs is 1. The van der Waals surface area contributed by atoms with Gasteiger partial charge in [0.25, 0.3) is 0 Å². The summed E-state index contributed by atoms with van der Waals surface area (Å²) in [4.78, 5) is 4.42. The van der Waals surface area contributed by atoms with Gasteiger partial charge in [0.05, 0.1) is 23.5 Å². The predicted octanol–water partition coefficient (Wildman–Crippen LogP) is 2.60. The third kappa shape index (κ3) is 1.47. The number of nitriles is 1. The second-order valence-electron chi connectivity index (χ2n) is 3.46. The molecule has 0 aliphatic heterocycles. The lowest BCUT2D eigenvalue weighted by atomic mass is 10.2. The van der Waals surface area contributed by atoms with Crippen LogP contribution in [0.1, 0.15) is 11.4 Å². The number of benzene rings is 1. The van der Waals surface area contributed by atoms with Crippen molar-refractivity contribution in [3.63, 3.8) is 0 Å². The predicted molar refractivity (Wildman–Crippen MR) is 59.8 cm³/mol. The second-order valence-corrected chi connectivity index (χ2v) is 3.87. The van der Waals surface area contributed by atoms with Crippen LogP contribution >= 0.6 is 11.6 Å². The van der Waals surface area contributed by atoms with E-state index in [0.717, 1.165) is 22.4 Å². The van der Waals surface area contributed by atoms with Crippen molar-refractivity contribution in [3.8, 4) is 6.07 Å². The van der Waals surface area contributed by atoms with Crippen molar-refractivity contribution < 1.29 is 0 Å². The molecule has 0 saturated carbocycles. The maximum absolute atomic E-state index is 8.66. The summed E-state index contributed by atoms with van der Waals surface area (Å²) in [7, 11) is 1.91. The molecule has 2 rings (SSSR count). The van der Waals surface area contributed by atoms with E-state index in [4.69, 9.17) is 16.9 Å². The van der Waals surface area contributed by atoms with Gasteiger partial charge < -0.3 is 4.57 Å². The van der Waals surface area contributed by atoms with Crippen molar-refractivity contribution in [3.05, 3.63) is 28.5 Å². The van der Waals surface area contributed by atoms with E-state index >= 15 is 0 Å². The van der Waals surface area contributed by atoms with Crippen molar-refractivity contribution in [2.24, 2.45) is 7.05 Å². The molecule has 3 nitrogen and oxygen atoms in total. The van der Waals surface area contributed by atoms with Crippen LogP contribution in [0.25, 0.3) is 11.0 Å². The van der Waals surface area contributed by atoms with Gasteiger partial charge in [-0.25, -0.2) is 4.98 Å². The Kier molecular flexibility index (Phi) is 2.37. The maximum Gasteiger partial charge on any atom is 0.123 e. The summed E-state index contributed by atoms with van der Waals surface area (Å²) in [6.07, 6.45) is 0.322. The molecular formula is C11H10ClN3. The Morgan fingerprint density at radius 1 is 1.53 bits per heavy atom. The quantitative estimate of drug-likeness (QED) is 0.740. The molecule has 15 heavy (non-hydrogen) atoms. The summed E-state index contributed by atoms with van der Waals surface area (Å²) in [6, 6.07) is 5.89. The zero-order valence-corrected chi connectivity index (χ0v) is 9.34. The molecule has 0 atom stereocenters. The van der Waals surface area contributed by atoms with Crippen molar-refractivity contribution in [2.45, 2.75) is 13.3 Å². The summed E-state index contributed by atoms with van der Waals surface area (Å²) >= 11 is 6.01. The fourth-order valence-corrected chi connectivity index (χ4v) is 1.80. The van der Waals surface area contributed by atoms with Crippen LogP contribution < -0.4 is 0 Å². The van der Waals surface area contributed by atoms with Crippen LogP contribution in [0.4, 0.5) is 0 Å². The zero-order chi connectivity index (χ0) is 11.0. The van der Waals surface area contributed by atoms with Gasteiger partial charge in [0.2, 0.25) is 0 Å². The van der Waals surface area contributed by atoms with Gasteiger partial charge in [0, 0.05) is 12.1 Å². The van der Waals surface area contributed by atoms with Gasteiger partial charge in [-0.3, -0.25) is 0 Å². The zero-order valence-electron chi connectivity index (χ0n) is 8.58. The molecule has 1 aromatic heterocycles. The molecule has 0 N–H and O–H groups in total. The highest BCUT2D eigenvalue weighted by atomic mass is 35.5. The summed E-state index contributed by atoms with van der Waals surface area (Å²) in [5.41, 5.74) is 2.87. The number of nitrogens with zero attached hydrogens (tertiary/aromatic N) is 3. The third-order valence-corrected chi connectivity index (χ3v) is 2.98. The third-order valence-electron chi connectivity index (χ3n) is 2.57. The highest BCUT2D eigenvalue weighted by Gasteiger charge is 2.10. The first-order valence-corrected chi connectivity index (χ1v) is 5.00. The van der Waals surface area contributed by atoms with Crippen LogP contribution in [-0.4, -0.2) is 9.55 Å². The van der Waals surface area contributed by atoms with Gasteiger partial charge in [0.1, 0.15) is 5.82 Å². The van der Waals surface area contributed by atoms with Gasteiger partial charge >= 0.3 is 0 Å². The molecule has 1 heterocycles. The molecule has 0 bridgehead atoms. The second kappa shape index (κ2) is 3.56. The van der Waals surface area contributed by atoms with Gasteiger partial charge in [-0.1, -0.05) is 11.6 Å². The normalized spacial score (nSPS) is 10.5. The Labute approximate surface area is 92.9 Å². The van der Waals surface area contributed by atoms with Gasteiger partial charge in [0.15, 0.2) is 0 Å². The minimum atomic E-state index is 0.322. The molecule has 0 fully saturated rings. The lowest BCUT2D eigenvalue weighted by Crippen LogP contribution is -1.95. The SMILES string of the molecule is Cc1c(Cl)ccc2c1nc(CC#N)n2C. The van der Waals surface area contributed by atoms with Crippen LogP contribution in [-0.2, 0) is 13.5 Å². The minimum absolute atomic E-state index is 0.322. The maximum atomic E-state index is 8.66. The molecule has 1 aromatic carbocycles. The van der Waals surface area contributed by atoms with Crippen LogP contribution in [0.2, 0.25) is 5.02 Å². The van der Waals surface area contributed by atoms with E-state index < -0.39 is 0 Å². The largest absolute Gasteiger partial charge is 0.330 e. The van der Waals surface area contributed by atoms with Crippen LogP contribution in [0.3, 0.4) is 0 Å². The monoisotopic (exact) mass is 219 g/mol. The van der Waals surface area contributed by atoms with E-state index in [1.54, 1.807) is 0 Å². The average Bonchev–Trinajstić information content (AvgIpc) is 2.52. The van der Waals surface area contributed by atoms with Crippen LogP contribution in [0.5, 0.6) is 0 Å². The van der Waals surface area contributed by atoms with Gasteiger partial charge in [-0.15, -0.1) is 0 Å². The molecule has 4 heteroatoms. The number of hydrogen-bond donors (Lipinski definition) is 0. The van der Waals surface area contributed by atoms with E-state index in [0.29, 0.717) is 11.4 Å². The van der Waals surface area contributed by atoms with Gasteiger partial charge in [-0.05, 0) is 24.6 Å². The number of aryl methyl sites for hydroxylation is 2. The number of rotatable bonds is 1. The summed E-state index contributed by atoms with van der Waals surface area (Å²) in [5.74, 6) is 0.776. The Morgan fingerprint density at radius 3 is 2.93 bits per heavy atom. The first kappa shape index (κ1) is 10.0. The van der Waals surface area contributed by atoms with E-state index in [9.17, 15) is 0 Å². The highest BCUT2D eigenvalue weighted by molar-refractivity contribution is 6.32. The van der Waals surface area contributed by atoms with Crippen LogP contribution in [0, 0.1) is 18.3 Å². The molecule has 0 aliphatic carbocycles. The Morgan fingerprint density at radius 2 is 2.27 bits per heavy atom. The molecule has 0 saturated heterocycles. The molecule has 76 valence electrons. The van der Waals surface area contributed by atoms with E-state index in [1.165, 1.54) is 0 Å². The minimum Gasteiger partial charge on any atom is -0.330 e. The first-order valence-electron chi connectivity index (χ1n) is 4.62. The Hall–Kier alpha value is -1.53. The lowest BCUT2D eigenvalue weighted by Gasteiger charge is -1.99. The van der Waals surface area contributed by atoms with E-state index in [2.05, 4.69) is 11.1 Å². The van der Waals surface area contributed by atoms with E-state index in [1.807, 2.05) is 30.7 Å². The smallest absolute Gasteiger partial charge is 0.123 e. The number of hydrogen-bond acceptors (Lipinski definition) is 2. The Balaban J connectivity index is 2.77. The summed E-state index contributed by atoms with van der Waals surface area (Å²) < 4.78 is 1.93. The standard InChI is InChI=1S/C11H10ClN3/c1-7-8(12)3-4-9-11(7)14-10(5-6-13)15(9)2/h3-4H,5H2,1-2H3. The fraction of sp³-hybridized carbons (Fsp3) is 0.273. The Bertz CT molecular complexity index is 563. The van der Waals surface area contributed by atoms with Crippen molar-refractivity contribution >= 4 is 22.6 Å². The molecule has 0 aliphatic rings. The summed E-state index contributed by atoms with van der Waals surface area (Å²) in [6.45, 7) is 1.94. The molecule has 0 radical (unpaired) electrons. The molecule has 0 amide bonds. The molecule has 0 unspecified atom stereocenters.